The summed E-state index contributed by atoms with van der Waals surface area (Å²) in [5, 5.41) is 0.774. The highest BCUT2D eigenvalue weighted by Gasteiger charge is 2.10. The van der Waals surface area contributed by atoms with Gasteiger partial charge in [-0.2, -0.15) is 0 Å². The van der Waals surface area contributed by atoms with Crippen LogP contribution in [0.25, 0.3) is 0 Å². The molecule has 0 bridgehead atoms. The van der Waals surface area contributed by atoms with Gasteiger partial charge < -0.3 is 5.73 Å². The van der Waals surface area contributed by atoms with E-state index in [0.717, 1.165) is 17.0 Å². The van der Waals surface area contributed by atoms with Crippen LogP contribution in [0.15, 0.2) is 24.3 Å². The highest BCUT2D eigenvalue weighted by molar-refractivity contribution is 6.31. The van der Waals surface area contributed by atoms with Crippen molar-refractivity contribution in [3.63, 3.8) is 0 Å². The third-order valence-electron chi connectivity index (χ3n) is 2.03. The maximum absolute atomic E-state index is 6.02. The van der Waals surface area contributed by atoms with Gasteiger partial charge in [-0.3, -0.25) is 0 Å². The van der Waals surface area contributed by atoms with Crippen molar-refractivity contribution in [2.75, 3.05) is 0 Å². The van der Waals surface area contributed by atoms with Crippen molar-refractivity contribution in [2.45, 2.75) is 26.3 Å². The Bertz CT molecular complexity index is 274. The van der Waals surface area contributed by atoms with Crippen LogP contribution in [0.2, 0.25) is 5.02 Å². The Hall–Kier alpha value is -0.240. The number of halogens is 2. The van der Waals surface area contributed by atoms with E-state index in [0.29, 0.717) is 5.92 Å². The molecule has 0 aliphatic heterocycles. The van der Waals surface area contributed by atoms with Crippen LogP contribution in [-0.4, -0.2) is 0 Å². The summed E-state index contributed by atoms with van der Waals surface area (Å²) < 4.78 is 0. The first-order chi connectivity index (χ1) is 6.11. The van der Waals surface area contributed by atoms with Gasteiger partial charge >= 0.3 is 0 Å². The highest BCUT2D eigenvalue weighted by Crippen LogP contribution is 2.25. The third-order valence-corrected chi connectivity index (χ3v) is 2.37. The van der Waals surface area contributed by atoms with Crippen LogP contribution >= 0.6 is 24.0 Å². The zero-order valence-electron chi connectivity index (χ0n) is 8.53. The molecule has 0 amide bonds. The second-order valence-electron chi connectivity index (χ2n) is 3.76. The van der Waals surface area contributed by atoms with Crippen LogP contribution in [0.3, 0.4) is 0 Å². The Morgan fingerprint density at radius 2 is 1.86 bits per heavy atom. The zero-order chi connectivity index (χ0) is 9.84. The van der Waals surface area contributed by atoms with Crippen LogP contribution < -0.4 is 5.73 Å². The van der Waals surface area contributed by atoms with E-state index in [1.807, 2.05) is 24.3 Å². The van der Waals surface area contributed by atoms with Gasteiger partial charge in [-0.25, -0.2) is 0 Å². The second-order valence-corrected chi connectivity index (χ2v) is 4.16. The lowest BCUT2D eigenvalue weighted by molar-refractivity contribution is 0.510. The van der Waals surface area contributed by atoms with Gasteiger partial charge in [-0.05, 0) is 24.0 Å². The van der Waals surface area contributed by atoms with E-state index in [2.05, 4.69) is 13.8 Å². The fourth-order valence-corrected chi connectivity index (χ4v) is 1.69. The smallest absolute Gasteiger partial charge is 0.0453 e. The molecule has 0 spiro atoms. The molecule has 0 heterocycles. The maximum Gasteiger partial charge on any atom is 0.0453 e. The Balaban J connectivity index is 0.00000169. The molecular formula is C11H17Cl2N. The number of hydrogen-bond acceptors (Lipinski definition) is 1. The molecule has 0 aliphatic carbocycles. The van der Waals surface area contributed by atoms with Gasteiger partial charge in [0.25, 0.3) is 0 Å². The molecule has 0 radical (unpaired) electrons. The number of nitrogens with two attached hydrogens (primary N) is 1. The third kappa shape index (κ3) is 3.87. The van der Waals surface area contributed by atoms with Gasteiger partial charge in [0.15, 0.2) is 0 Å². The van der Waals surface area contributed by atoms with E-state index in [1.54, 1.807) is 0 Å². The molecule has 1 unspecified atom stereocenters. The summed E-state index contributed by atoms with van der Waals surface area (Å²) in [6.07, 6.45) is 0.976. The fraction of sp³-hybridized carbons (Fsp3) is 0.455. The van der Waals surface area contributed by atoms with Crippen molar-refractivity contribution in [1.82, 2.24) is 0 Å². The summed E-state index contributed by atoms with van der Waals surface area (Å²) in [5.41, 5.74) is 7.07. The average Bonchev–Trinajstić information content (AvgIpc) is 2.03. The van der Waals surface area contributed by atoms with Crippen molar-refractivity contribution in [3.8, 4) is 0 Å². The summed E-state index contributed by atoms with van der Waals surface area (Å²) in [4.78, 5) is 0. The lowest BCUT2D eigenvalue weighted by Crippen LogP contribution is -2.13. The van der Waals surface area contributed by atoms with E-state index < -0.39 is 0 Å². The Morgan fingerprint density at radius 1 is 1.29 bits per heavy atom. The van der Waals surface area contributed by atoms with Gasteiger partial charge in [0.05, 0.1) is 0 Å². The lowest BCUT2D eigenvalue weighted by atomic mass is 9.98. The average molecular weight is 234 g/mol. The minimum absolute atomic E-state index is 0. The molecule has 1 aromatic carbocycles. The van der Waals surface area contributed by atoms with Gasteiger partial charge in [0, 0.05) is 11.1 Å². The molecule has 1 atom stereocenters. The minimum Gasteiger partial charge on any atom is -0.324 e. The minimum atomic E-state index is 0. The predicted octanol–water partition coefficient (Wildman–Crippen LogP) is 3.81. The number of hydrogen-bond donors (Lipinski definition) is 1. The standard InChI is InChI=1S/C11H16ClN.ClH/c1-8(2)7-11(13)9-5-3-4-6-10(9)12;/h3-6,8,11H,7,13H2,1-2H3;1H. The summed E-state index contributed by atoms with van der Waals surface area (Å²) in [6.45, 7) is 4.33. The summed E-state index contributed by atoms with van der Waals surface area (Å²) >= 11 is 6.02. The largest absolute Gasteiger partial charge is 0.324 e. The van der Waals surface area contributed by atoms with Crippen molar-refractivity contribution < 1.29 is 0 Å². The lowest BCUT2D eigenvalue weighted by Gasteiger charge is -2.15. The molecule has 1 aromatic rings. The van der Waals surface area contributed by atoms with Crippen molar-refractivity contribution in [2.24, 2.45) is 11.7 Å². The molecule has 3 heteroatoms. The molecule has 0 saturated carbocycles. The molecule has 2 N–H and O–H groups in total. The van der Waals surface area contributed by atoms with Crippen LogP contribution in [0, 0.1) is 5.92 Å². The van der Waals surface area contributed by atoms with Gasteiger partial charge in [-0.1, -0.05) is 43.6 Å². The topological polar surface area (TPSA) is 26.0 Å². The molecule has 1 nitrogen and oxygen atoms in total. The Labute approximate surface area is 97.1 Å². The first-order valence-electron chi connectivity index (χ1n) is 4.61. The molecule has 0 fully saturated rings. The summed E-state index contributed by atoms with van der Waals surface area (Å²) in [6, 6.07) is 7.84. The molecule has 0 aliphatic rings. The molecular weight excluding hydrogens is 217 g/mol. The van der Waals surface area contributed by atoms with E-state index in [9.17, 15) is 0 Å². The van der Waals surface area contributed by atoms with Gasteiger partial charge in [0.2, 0.25) is 0 Å². The molecule has 0 saturated heterocycles. The van der Waals surface area contributed by atoms with E-state index in [1.165, 1.54) is 0 Å². The monoisotopic (exact) mass is 233 g/mol. The SMILES string of the molecule is CC(C)CC(N)c1ccccc1Cl.Cl. The van der Waals surface area contributed by atoms with Crippen molar-refractivity contribution >= 4 is 24.0 Å². The Morgan fingerprint density at radius 3 is 2.36 bits per heavy atom. The Kier molecular flexibility index (Phi) is 6.17. The van der Waals surface area contributed by atoms with Crippen molar-refractivity contribution in [1.29, 1.82) is 0 Å². The number of rotatable bonds is 3. The van der Waals surface area contributed by atoms with Crippen molar-refractivity contribution in [3.05, 3.63) is 34.9 Å². The van der Waals surface area contributed by atoms with E-state index in [4.69, 9.17) is 17.3 Å². The maximum atomic E-state index is 6.02. The molecule has 1 rings (SSSR count). The second kappa shape index (κ2) is 6.28. The molecule has 80 valence electrons. The van der Waals surface area contributed by atoms with Crippen LogP contribution in [0.4, 0.5) is 0 Å². The van der Waals surface area contributed by atoms with Gasteiger partial charge in [-0.15, -0.1) is 12.4 Å². The van der Waals surface area contributed by atoms with Crippen LogP contribution in [0.5, 0.6) is 0 Å². The first-order valence-corrected chi connectivity index (χ1v) is 4.99. The quantitative estimate of drug-likeness (QED) is 0.845. The zero-order valence-corrected chi connectivity index (χ0v) is 10.1. The fourth-order valence-electron chi connectivity index (χ4n) is 1.41. The normalized spacial score (nSPS) is 12.4. The van der Waals surface area contributed by atoms with Crippen LogP contribution in [0.1, 0.15) is 31.9 Å². The first kappa shape index (κ1) is 13.8. The summed E-state index contributed by atoms with van der Waals surface area (Å²) in [7, 11) is 0. The predicted molar refractivity (Wildman–Crippen MR) is 65.1 cm³/mol. The van der Waals surface area contributed by atoms with E-state index in [-0.39, 0.29) is 18.4 Å². The highest BCUT2D eigenvalue weighted by atomic mass is 35.5. The summed E-state index contributed by atoms with van der Waals surface area (Å²) in [5.74, 6) is 0.603. The molecule has 0 aromatic heterocycles. The van der Waals surface area contributed by atoms with Crippen LogP contribution in [-0.2, 0) is 0 Å². The molecule has 14 heavy (non-hydrogen) atoms. The van der Waals surface area contributed by atoms with E-state index >= 15 is 0 Å². The van der Waals surface area contributed by atoms with Gasteiger partial charge in [0.1, 0.15) is 0 Å². The number of benzene rings is 1.